The first kappa shape index (κ1) is 22.1. The first-order valence-corrected chi connectivity index (χ1v) is 8.87. The lowest BCUT2D eigenvalue weighted by molar-refractivity contribution is 0.212. The molecule has 0 saturated heterocycles. The van der Waals surface area contributed by atoms with E-state index in [1.807, 2.05) is 0 Å². The van der Waals surface area contributed by atoms with Crippen molar-refractivity contribution >= 4 is 0 Å². The highest BCUT2D eigenvalue weighted by Gasteiger charge is 2.37. The third kappa shape index (κ3) is 9.07. The number of allylic oxidation sites excluding steroid dienone is 2. The summed E-state index contributed by atoms with van der Waals surface area (Å²) in [6.45, 7) is 30.9. The zero-order chi connectivity index (χ0) is 18.7. The fourth-order valence-electron chi connectivity index (χ4n) is 2.47. The average Bonchev–Trinajstić information content (AvgIpc) is 2.20. The van der Waals surface area contributed by atoms with Gasteiger partial charge in [0.05, 0.1) is 11.1 Å². The summed E-state index contributed by atoms with van der Waals surface area (Å²) in [5.41, 5.74) is 2.54. The maximum absolute atomic E-state index is 4.23. The Morgan fingerprint density at radius 1 is 0.652 bits per heavy atom. The molecule has 0 amide bonds. The Bertz CT molecular complexity index is 414. The van der Waals surface area contributed by atoms with Gasteiger partial charge in [-0.1, -0.05) is 54.7 Å². The van der Waals surface area contributed by atoms with Gasteiger partial charge >= 0.3 is 0 Å². The third-order valence-corrected chi connectivity index (χ3v) is 4.46. The van der Waals surface area contributed by atoms with Crippen LogP contribution in [0.2, 0.25) is 0 Å². The first-order valence-electron chi connectivity index (χ1n) is 8.87. The van der Waals surface area contributed by atoms with Gasteiger partial charge in [-0.15, -0.1) is 0 Å². The maximum atomic E-state index is 4.23. The van der Waals surface area contributed by atoms with E-state index in [9.17, 15) is 0 Å². The lowest BCUT2D eigenvalue weighted by atomic mass is 9.80. The van der Waals surface area contributed by atoms with Crippen LogP contribution in [0.4, 0.5) is 0 Å². The quantitative estimate of drug-likeness (QED) is 0.571. The molecule has 0 fully saturated rings. The van der Waals surface area contributed by atoms with E-state index < -0.39 is 0 Å². The summed E-state index contributed by atoms with van der Waals surface area (Å²) in [6, 6.07) is 0. The Morgan fingerprint density at radius 3 is 1.39 bits per heavy atom. The van der Waals surface area contributed by atoms with Crippen molar-refractivity contribution in [1.82, 2.24) is 10.6 Å². The van der Waals surface area contributed by atoms with Crippen molar-refractivity contribution in [3.8, 4) is 0 Å². The average molecular weight is 323 g/mol. The van der Waals surface area contributed by atoms with Crippen molar-refractivity contribution in [3.63, 3.8) is 0 Å². The van der Waals surface area contributed by atoms with Crippen LogP contribution in [0.5, 0.6) is 0 Å². The largest absolute Gasteiger partial charge is 0.382 e. The van der Waals surface area contributed by atoms with Crippen LogP contribution in [0, 0.1) is 10.8 Å². The van der Waals surface area contributed by atoms with Crippen LogP contribution >= 0.6 is 0 Å². The molecule has 0 unspecified atom stereocenters. The Hall–Kier alpha value is -0.920. The molecule has 0 aliphatic rings. The Balaban J connectivity index is 4.76. The first-order chi connectivity index (χ1) is 9.95. The third-order valence-electron chi connectivity index (χ3n) is 4.46. The van der Waals surface area contributed by atoms with Crippen molar-refractivity contribution in [2.24, 2.45) is 10.8 Å². The molecule has 0 saturated carbocycles. The number of hydrogen-bond acceptors (Lipinski definition) is 2. The molecular weight excluding hydrogens is 280 g/mol. The van der Waals surface area contributed by atoms with E-state index >= 15 is 0 Å². The summed E-state index contributed by atoms with van der Waals surface area (Å²) < 4.78 is 0. The highest BCUT2D eigenvalue weighted by Crippen LogP contribution is 2.29. The van der Waals surface area contributed by atoms with Gasteiger partial charge < -0.3 is 10.6 Å². The van der Waals surface area contributed by atoms with Crippen LogP contribution in [0.1, 0.15) is 88.5 Å². The topological polar surface area (TPSA) is 24.1 Å². The molecule has 0 rings (SSSR count). The molecule has 136 valence electrons. The molecule has 2 N–H and O–H groups in total. The minimum Gasteiger partial charge on any atom is -0.382 e. The van der Waals surface area contributed by atoms with Crippen LogP contribution in [-0.4, -0.2) is 11.1 Å². The van der Waals surface area contributed by atoms with Crippen LogP contribution in [0.25, 0.3) is 0 Å². The summed E-state index contributed by atoms with van der Waals surface area (Å²) in [5, 5.41) is 7.27. The van der Waals surface area contributed by atoms with E-state index in [0.717, 1.165) is 30.7 Å². The lowest BCUT2D eigenvalue weighted by Crippen LogP contribution is -2.62. The summed E-state index contributed by atoms with van der Waals surface area (Å²) in [6.07, 6.45) is 3.11. The molecule has 0 spiro atoms. The zero-order valence-electron chi connectivity index (χ0n) is 17.5. The van der Waals surface area contributed by atoms with Gasteiger partial charge in [-0.25, -0.2) is 0 Å². The molecule has 0 aromatic rings. The highest BCUT2D eigenvalue weighted by atomic mass is 15.1. The summed E-state index contributed by atoms with van der Waals surface area (Å²) >= 11 is 0. The van der Waals surface area contributed by atoms with Crippen molar-refractivity contribution in [1.29, 1.82) is 0 Å². The molecule has 23 heavy (non-hydrogen) atoms. The van der Waals surface area contributed by atoms with E-state index in [1.165, 1.54) is 0 Å². The van der Waals surface area contributed by atoms with E-state index in [0.29, 0.717) is 5.41 Å². The van der Waals surface area contributed by atoms with E-state index in [-0.39, 0.29) is 16.5 Å². The summed E-state index contributed by atoms with van der Waals surface area (Å²) in [7, 11) is 0. The maximum Gasteiger partial charge on any atom is 0.0538 e. The highest BCUT2D eigenvalue weighted by molar-refractivity contribution is 5.12. The minimum atomic E-state index is -0.125. The Labute approximate surface area is 146 Å². The molecule has 0 radical (unpaired) electrons. The van der Waals surface area contributed by atoms with E-state index in [1.54, 1.807) is 0 Å². The summed E-state index contributed by atoms with van der Waals surface area (Å²) in [4.78, 5) is 0. The van der Waals surface area contributed by atoms with Gasteiger partial charge in [0.15, 0.2) is 0 Å². The molecule has 0 aliphatic heterocycles. The molecule has 0 aromatic heterocycles. The van der Waals surface area contributed by atoms with Gasteiger partial charge in [0.2, 0.25) is 0 Å². The van der Waals surface area contributed by atoms with E-state index in [2.05, 4.69) is 93.0 Å². The predicted molar refractivity (Wildman–Crippen MR) is 105 cm³/mol. The fourth-order valence-corrected chi connectivity index (χ4v) is 2.47. The molecule has 0 aliphatic carbocycles. The van der Waals surface area contributed by atoms with Gasteiger partial charge in [-0.3, -0.25) is 0 Å². The standard InChI is InChI=1S/C21H42N2/c1-16(13-14-18(3,4)5)22-20(9,10)21(11,12)23-17(2)15-19(6,7)8/h22-23H,1-2,13-15H2,3-12H3. The fraction of sp³-hybridized carbons (Fsp3) is 0.810. The number of hydrogen-bond donors (Lipinski definition) is 2. The van der Waals surface area contributed by atoms with Crippen LogP contribution in [0.3, 0.4) is 0 Å². The number of rotatable bonds is 8. The van der Waals surface area contributed by atoms with Crippen molar-refractivity contribution < 1.29 is 0 Å². The van der Waals surface area contributed by atoms with Crippen molar-refractivity contribution in [2.75, 3.05) is 0 Å². The van der Waals surface area contributed by atoms with Crippen LogP contribution in [0.15, 0.2) is 24.6 Å². The minimum absolute atomic E-state index is 0.122. The molecule has 0 bridgehead atoms. The molecular formula is C21H42N2. The van der Waals surface area contributed by atoms with Gasteiger partial charge in [0, 0.05) is 11.4 Å². The van der Waals surface area contributed by atoms with Crippen LogP contribution < -0.4 is 10.6 Å². The predicted octanol–water partition coefficient (Wildman–Crippen LogP) is 6.01. The molecule has 2 nitrogen and oxygen atoms in total. The SMILES string of the molecule is C=C(CCC(C)(C)C)NC(C)(C)C(C)(C)NC(=C)CC(C)(C)C. The summed E-state index contributed by atoms with van der Waals surface area (Å²) in [5.74, 6) is 0. The van der Waals surface area contributed by atoms with E-state index in [4.69, 9.17) is 0 Å². The molecule has 2 heteroatoms. The second-order valence-corrected chi connectivity index (χ2v) is 10.5. The van der Waals surface area contributed by atoms with Crippen molar-refractivity contribution in [3.05, 3.63) is 24.6 Å². The van der Waals surface area contributed by atoms with Gasteiger partial charge in [-0.2, -0.15) is 0 Å². The van der Waals surface area contributed by atoms with Crippen molar-refractivity contribution in [2.45, 2.75) is 99.6 Å². The van der Waals surface area contributed by atoms with Gasteiger partial charge in [-0.05, 0) is 57.8 Å². The molecule has 0 atom stereocenters. The Morgan fingerprint density at radius 2 is 1.04 bits per heavy atom. The second kappa shape index (κ2) is 7.32. The smallest absolute Gasteiger partial charge is 0.0538 e. The second-order valence-electron chi connectivity index (χ2n) is 10.5. The normalized spacial score (nSPS) is 13.7. The monoisotopic (exact) mass is 322 g/mol. The van der Waals surface area contributed by atoms with Gasteiger partial charge in [0.25, 0.3) is 0 Å². The lowest BCUT2D eigenvalue weighted by Gasteiger charge is -2.45. The number of nitrogens with one attached hydrogen (secondary N) is 2. The zero-order valence-corrected chi connectivity index (χ0v) is 17.5. The Kier molecular flexibility index (Phi) is 7.03. The van der Waals surface area contributed by atoms with Gasteiger partial charge in [0.1, 0.15) is 0 Å². The molecule has 0 heterocycles. The molecule has 0 aromatic carbocycles. The van der Waals surface area contributed by atoms with Crippen LogP contribution in [-0.2, 0) is 0 Å².